The summed E-state index contributed by atoms with van der Waals surface area (Å²) in [6, 6.07) is 7.41. The Morgan fingerprint density at radius 2 is 1.56 bits per heavy atom. The monoisotopic (exact) mass is 410 g/mol. The van der Waals surface area contributed by atoms with E-state index in [-0.39, 0.29) is 11.3 Å². The summed E-state index contributed by atoms with van der Waals surface area (Å²) >= 11 is 0.951. The van der Waals surface area contributed by atoms with Crippen LogP contribution in [0.1, 0.15) is 17.4 Å². The Balaban J connectivity index is 2.17. The molecule has 0 spiro atoms. The molecular formula is C18H13F7OS. The van der Waals surface area contributed by atoms with E-state index in [1.807, 2.05) is 0 Å². The van der Waals surface area contributed by atoms with Crippen molar-refractivity contribution in [2.24, 2.45) is 0 Å². The molecule has 3 rings (SSSR count). The Labute approximate surface area is 154 Å². The topological polar surface area (TPSA) is 9.23 Å². The van der Waals surface area contributed by atoms with Crippen molar-refractivity contribution < 1.29 is 35.5 Å². The summed E-state index contributed by atoms with van der Waals surface area (Å²) in [4.78, 5) is 0.471. The molecule has 0 N–H and O–H groups in total. The number of rotatable bonds is 4. The van der Waals surface area contributed by atoms with Gasteiger partial charge in [-0.05, 0) is 42.3 Å². The maximum Gasteiger partial charge on any atom is 0.383 e. The molecule has 0 atom stereocenters. The molecule has 0 radical (unpaired) electrons. The van der Waals surface area contributed by atoms with E-state index >= 15 is 0 Å². The van der Waals surface area contributed by atoms with E-state index in [1.165, 1.54) is 14.0 Å². The number of hydrogen-bond donors (Lipinski definition) is 0. The molecule has 0 fully saturated rings. The van der Waals surface area contributed by atoms with Crippen LogP contribution in [0.25, 0.3) is 16.0 Å². The van der Waals surface area contributed by atoms with Crippen LogP contribution in [0.4, 0.5) is 30.7 Å². The number of thiophene rings is 1. The van der Waals surface area contributed by atoms with Gasteiger partial charge in [-0.2, -0.15) is 26.3 Å². The first kappa shape index (κ1) is 19.7. The van der Waals surface area contributed by atoms with Gasteiger partial charge in [0.1, 0.15) is 5.75 Å². The number of hydrogen-bond acceptors (Lipinski definition) is 2. The number of allylic oxidation sites excluding steroid dienone is 2. The fraction of sp³-hybridized carbons (Fsp3) is 0.333. The maximum absolute atomic E-state index is 14.1. The van der Waals surface area contributed by atoms with Gasteiger partial charge in [-0.3, -0.25) is 0 Å². The number of alkyl halides is 6. The number of ether oxygens (including phenoxy) is 1. The third-order valence-corrected chi connectivity index (χ3v) is 5.70. The zero-order chi connectivity index (χ0) is 20.2. The maximum atomic E-state index is 14.1. The van der Waals surface area contributed by atoms with Crippen LogP contribution in [0, 0.1) is 0 Å². The van der Waals surface area contributed by atoms with Crippen LogP contribution < -0.4 is 4.74 Å². The Bertz CT molecular complexity index is 897. The average Bonchev–Trinajstić information content (AvgIpc) is 3.07. The number of benzene rings is 1. The first-order valence-electron chi connectivity index (χ1n) is 7.80. The first-order chi connectivity index (χ1) is 12.5. The van der Waals surface area contributed by atoms with Gasteiger partial charge in [-0.1, -0.05) is 6.92 Å². The summed E-state index contributed by atoms with van der Waals surface area (Å²) in [5.41, 5.74) is -2.03. The molecule has 1 aliphatic rings. The van der Waals surface area contributed by atoms with Crippen molar-refractivity contribution in [1.82, 2.24) is 0 Å². The Hall–Kier alpha value is -2.03. The van der Waals surface area contributed by atoms with Gasteiger partial charge in [0.15, 0.2) is 5.83 Å². The summed E-state index contributed by atoms with van der Waals surface area (Å²) in [5, 5.41) is 0. The minimum absolute atomic E-state index is 0.0835. The molecule has 0 bridgehead atoms. The van der Waals surface area contributed by atoms with Gasteiger partial charge in [0.2, 0.25) is 0 Å². The van der Waals surface area contributed by atoms with Gasteiger partial charge >= 0.3 is 17.8 Å². The summed E-state index contributed by atoms with van der Waals surface area (Å²) in [6.07, 6.45) is 0.0835. The molecule has 1 aliphatic carbocycles. The number of aryl methyl sites for hydroxylation is 1. The van der Waals surface area contributed by atoms with Crippen LogP contribution >= 0.6 is 11.3 Å². The van der Waals surface area contributed by atoms with Crippen molar-refractivity contribution in [3.05, 3.63) is 46.6 Å². The highest BCUT2D eigenvalue weighted by molar-refractivity contribution is 7.15. The van der Waals surface area contributed by atoms with Gasteiger partial charge in [-0.25, -0.2) is 4.39 Å². The van der Waals surface area contributed by atoms with Crippen molar-refractivity contribution >= 4 is 16.9 Å². The highest BCUT2D eigenvalue weighted by atomic mass is 32.1. The zero-order valence-electron chi connectivity index (χ0n) is 14.1. The van der Waals surface area contributed by atoms with Crippen molar-refractivity contribution in [2.45, 2.75) is 31.1 Å². The third kappa shape index (κ3) is 2.66. The van der Waals surface area contributed by atoms with Gasteiger partial charge in [-0.15, -0.1) is 11.3 Å². The van der Waals surface area contributed by atoms with E-state index in [1.54, 1.807) is 24.3 Å². The van der Waals surface area contributed by atoms with Crippen molar-refractivity contribution in [1.29, 1.82) is 0 Å². The Kier molecular flexibility index (Phi) is 4.57. The highest BCUT2D eigenvalue weighted by Crippen LogP contribution is 2.63. The molecule has 0 unspecified atom stereocenters. The fourth-order valence-electron chi connectivity index (χ4n) is 2.87. The molecule has 9 heteroatoms. The van der Waals surface area contributed by atoms with E-state index in [2.05, 4.69) is 0 Å². The smallest absolute Gasteiger partial charge is 0.383 e. The summed E-state index contributed by atoms with van der Waals surface area (Å²) < 4.78 is 101. The van der Waals surface area contributed by atoms with Crippen LogP contribution in [0.3, 0.4) is 0 Å². The molecule has 0 aliphatic heterocycles. The first-order valence-corrected chi connectivity index (χ1v) is 8.62. The van der Waals surface area contributed by atoms with E-state index in [4.69, 9.17) is 4.74 Å². The molecule has 0 amide bonds. The zero-order valence-corrected chi connectivity index (χ0v) is 14.9. The lowest BCUT2D eigenvalue weighted by Crippen LogP contribution is -2.48. The second kappa shape index (κ2) is 6.25. The predicted molar refractivity (Wildman–Crippen MR) is 88.6 cm³/mol. The quantitative estimate of drug-likeness (QED) is 0.517. The minimum Gasteiger partial charge on any atom is -0.497 e. The van der Waals surface area contributed by atoms with Crippen molar-refractivity contribution in [2.75, 3.05) is 7.11 Å². The summed E-state index contributed by atoms with van der Waals surface area (Å²) in [6.45, 7) is 1.54. The molecule has 1 aromatic heterocycles. The van der Waals surface area contributed by atoms with Gasteiger partial charge in [0.25, 0.3) is 0 Å². The second-order valence-electron chi connectivity index (χ2n) is 5.94. The van der Waals surface area contributed by atoms with E-state index in [0.717, 1.165) is 17.4 Å². The lowest BCUT2D eigenvalue weighted by Gasteiger charge is -2.24. The Morgan fingerprint density at radius 3 is 2.00 bits per heavy atom. The van der Waals surface area contributed by atoms with Crippen molar-refractivity contribution in [3.8, 4) is 16.2 Å². The van der Waals surface area contributed by atoms with Crippen LogP contribution in [0.2, 0.25) is 0 Å². The van der Waals surface area contributed by atoms with E-state index in [0.29, 0.717) is 16.2 Å². The molecule has 146 valence electrons. The average molecular weight is 410 g/mol. The van der Waals surface area contributed by atoms with E-state index < -0.39 is 34.7 Å². The fourth-order valence-corrected chi connectivity index (χ4v) is 3.99. The summed E-state index contributed by atoms with van der Waals surface area (Å²) in [5.74, 6) is -19.0. The SMILES string of the molecule is CCc1sc(-c2ccc(OC)cc2)cc1C1=C(F)C(F)(F)C(F)(F)C1(F)F. The number of methoxy groups -OCH3 is 1. The molecule has 0 saturated carbocycles. The normalized spacial score (nSPS) is 20.2. The van der Waals surface area contributed by atoms with Gasteiger partial charge in [0, 0.05) is 15.3 Å². The van der Waals surface area contributed by atoms with Crippen LogP contribution in [0.5, 0.6) is 5.75 Å². The summed E-state index contributed by atoms with van der Waals surface area (Å²) in [7, 11) is 1.45. The van der Waals surface area contributed by atoms with Crippen LogP contribution in [-0.2, 0) is 6.42 Å². The minimum atomic E-state index is -5.84. The van der Waals surface area contributed by atoms with Crippen molar-refractivity contribution in [3.63, 3.8) is 0 Å². The molecule has 27 heavy (non-hydrogen) atoms. The van der Waals surface area contributed by atoms with E-state index in [9.17, 15) is 30.7 Å². The van der Waals surface area contributed by atoms with Crippen LogP contribution in [-0.4, -0.2) is 24.9 Å². The molecule has 1 heterocycles. The molecule has 1 nitrogen and oxygen atoms in total. The standard InChI is InChI=1S/C18H13F7OS/c1-3-12-11(8-13(27-12)9-4-6-10(26-2)7-5-9)14-15(19)17(22,23)18(24,25)16(14,20)21/h4-8H,3H2,1-2H3. The predicted octanol–water partition coefficient (Wildman–Crippen LogP) is 6.59. The molecule has 0 saturated heterocycles. The second-order valence-corrected chi connectivity index (χ2v) is 7.08. The molecule has 1 aromatic carbocycles. The molecular weight excluding hydrogens is 397 g/mol. The van der Waals surface area contributed by atoms with Gasteiger partial charge < -0.3 is 4.74 Å². The van der Waals surface area contributed by atoms with Gasteiger partial charge in [0.05, 0.1) is 12.7 Å². The molecule has 2 aromatic rings. The Morgan fingerprint density at radius 1 is 0.963 bits per heavy atom. The third-order valence-electron chi connectivity index (χ3n) is 4.37. The van der Waals surface area contributed by atoms with Crippen LogP contribution in [0.15, 0.2) is 36.2 Å². The lowest BCUT2D eigenvalue weighted by molar-refractivity contribution is -0.263. The highest BCUT2D eigenvalue weighted by Gasteiger charge is 2.81. The number of halogens is 7. The lowest BCUT2D eigenvalue weighted by atomic mass is 9.99. The largest absolute Gasteiger partial charge is 0.497 e.